The summed E-state index contributed by atoms with van der Waals surface area (Å²) in [6, 6.07) is 17.4. The Morgan fingerprint density at radius 2 is 1.49 bits per heavy atom. The van der Waals surface area contributed by atoms with Crippen LogP contribution in [0.4, 0.5) is 34.6 Å². The first-order valence-electron chi connectivity index (χ1n) is 16.7. The molecule has 0 aliphatic carbocycles. The molecule has 61 heavy (non-hydrogen) atoms. The van der Waals surface area contributed by atoms with Gasteiger partial charge in [0, 0.05) is 23.4 Å². The van der Waals surface area contributed by atoms with Gasteiger partial charge in [0.25, 0.3) is 20.2 Å². The Balaban J connectivity index is 1.52. The van der Waals surface area contributed by atoms with E-state index in [0.29, 0.717) is 6.29 Å². The summed E-state index contributed by atoms with van der Waals surface area (Å²) >= 11 is 6.23. The third-order valence-corrected chi connectivity index (χ3v) is 11.9. The summed E-state index contributed by atoms with van der Waals surface area (Å²) in [5.74, 6) is -2.48. The van der Waals surface area contributed by atoms with Crippen LogP contribution in [0.25, 0.3) is 0 Å². The van der Waals surface area contributed by atoms with E-state index in [4.69, 9.17) is 16.2 Å². The van der Waals surface area contributed by atoms with Gasteiger partial charge in [0.05, 0.1) is 38.4 Å². The number of azo groups is 1. The van der Waals surface area contributed by atoms with E-state index in [1.54, 1.807) is 19.1 Å². The second-order valence-electron chi connectivity index (χ2n) is 11.9. The number of carbonyl (C=O) groups excluding carboxylic acids is 1. The van der Waals surface area contributed by atoms with E-state index in [0.717, 1.165) is 24.3 Å². The van der Waals surface area contributed by atoms with Gasteiger partial charge in [-0.3, -0.25) is 23.9 Å². The van der Waals surface area contributed by atoms with Crippen LogP contribution < -0.4 is 15.6 Å². The number of phenolic OH excluding ortho intramolecular Hbond substituents is 1. The number of hydrazone groups is 1. The van der Waals surface area contributed by atoms with Crippen molar-refractivity contribution in [2.24, 2.45) is 15.3 Å². The second-order valence-corrected chi connectivity index (χ2v) is 18.3. The number of benzene rings is 4. The molecule has 0 aliphatic rings. The second kappa shape index (κ2) is 18.7. The monoisotopic (exact) mass is 939 g/mol. The molecule has 0 aliphatic heterocycles. The molecule has 1 aromatic heterocycles. The normalized spacial score (nSPS) is 12.6. The van der Waals surface area contributed by atoms with Crippen molar-refractivity contribution < 1.29 is 61.4 Å². The average Bonchev–Trinajstić information content (AvgIpc) is 3.18. The molecule has 0 spiro atoms. The zero-order valence-electron chi connectivity index (χ0n) is 30.8. The number of nitrogens with zero attached hydrogens (tertiary/aromatic N) is 7. The van der Waals surface area contributed by atoms with Crippen molar-refractivity contribution in [3.05, 3.63) is 101 Å². The number of hydrogen-bond donors (Lipinski definition) is 6. The first kappa shape index (κ1) is 46.0. The van der Waals surface area contributed by atoms with Gasteiger partial charge in [-0.05, 0) is 85.3 Å². The van der Waals surface area contributed by atoms with Crippen LogP contribution in [0.2, 0.25) is 5.28 Å². The summed E-state index contributed by atoms with van der Waals surface area (Å²) in [6.07, 6.45) is 0.517. The standard InChI is InChI=1S/C33H30ClN9O14S4/c1-2-43(22-7-5-8-24(16-22)58(46,47)15-14-57-61(54,55)56)33-37-31(34)36-32(38-33)35-27-17-25(60(51,52)53)18-28(29(27)45)40-42-30(20-10-12-23(13-11-20)59(48,49)50)41-39-26-9-4-3-6-21(26)19-44/h3-13,16-19,40,45H,2,14-15H2,1H3,(H,48,49,50)(H,51,52,53)(H,54,55,56)(H,35,36,37,38). The van der Waals surface area contributed by atoms with Crippen LogP contribution in [0.3, 0.4) is 0 Å². The predicted octanol–water partition coefficient (Wildman–Crippen LogP) is 4.59. The number of rotatable bonds is 17. The Hall–Kier alpha value is -6.04. The highest BCUT2D eigenvalue weighted by molar-refractivity contribution is 7.91. The topological polar surface area (TPSA) is 347 Å². The molecule has 5 rings (SSSR count). The molecule has 1 heterocycles. The van der Waals surface area contributed by atoms with Gasteiger partial charge in [-0.25, -0.2) is 12.6 Å². The molecular formula is C33H30ClN9O14S4. The molecule has 0 saturated heterocycles. The van der Waals surface area contributed by atoms with Crippen LogP contribution in [0, 0.1) is 0 Å². The fourth-order valence-corrected chi connectivity index (χ4v) is 7.73. The summed E-state index contributed by atoms with van der Waals surface area (Å²) in [7, 11) is -18.6. The van der Waals surface area contributed by atoms with Crippen LogP contribution in [-0.2, 0) is 44.7 Å². The van der Waals surface area contributed by atoms with Crippen molar-refractivity contribution in [3.63, 3.8) is 0 Å². The molecule has 0 bridgehead atoms. The van der Waals surface area contributed by atoms with Crippen molar-refractivity contribution >= 4 is 98.8 Å². The highest BCUT2D eigenvalue weighted by Gasteiger charge is 2.22. The van der Waals surface area contributed by atoms with Gasteiger partial charge in [0.15, 0.2) is 21.9 Å². The number of aromatic hydroxyl groups is 1. The maximum absolute atomic E-state index is 12.9. The third-order valence-electron chi connectivity index (χ3n) is 7.86. The average molecular weight is 940 g/mol. The Kier molecular flexibility index (Phi) is 14.1. The maximum atomic E-state index is 12.9. The first-order valence-corrected chi connectivity index (χ1v) is 23.0. The van der Waals surface area contributed by atoms with Crippen molar-refractivity contribution in [1.82, 2.24) is 15.0 Å². The molecule has 0 unspecified atom stereocenters. The van der Waals surface area contributed by atoms with E-state index in [9.17, 15) is 52.7 Å². The number of nitrogens with one attached hydrogen (secondary N) is 2. The Labute approximate surface area is 352 Å². The fraction of sp³-hybridized carbons (Fsp3) is 0.121. The number of sulfone groups is 1. The molecule has 28 heteroatoms. The molecule has 0 amide bonds. The van der Waals surface area contributed by atoms with Crippen LogP contribution in [0.15, 0.2) is 115 Å². The number of halogens is 1. The molecule has 322 valence electrons. The van der Waals surface area contributed by atoms with E-state index >= 15 is 0 Å². The van der Waals surface area contributed by atoms with Gasteiger partial charge in [-0.1, -0.05) is 18.2 Å². The number of anilines is 5. The number of amidine groups is 1. The smallest absolute Gasteiger partial charge is 0.397 e. The van der Waals surface area contributed by atoms with Gasteiger partial charge in [-0.2, -0.15) is 45.3 Å². The zero-order chi connectivity index (χ0) is 44.8. The van der Waals surface area contributed by atoms with E-state index in [-0.39, 0.29) is 45.7 Å². The van der Waals surface area contributed by atoms with Gasteiger partial charge < -0.3 is 15.3 Å². The van der Waals surface area contributed by atoms with Crippen LogP contribution in [-0.4, -0.2) is 98.4 Å². The minimum atomic E-state index is -5.00. The lowest BCUT2D eigenvalue weighted by atomic mass is 10.2. The highest BCUT2D eigenvalue weighted by Crippen LogP contribution is 2.37. The zero-order valence-corrected chi connectivity index (χ0v) is 34.8. The third kappa shape index (κ3) is 12.3. The molecule has 23 nitrogen and oxygen atoms in total. The lowest BCUT2D eigenvalue weighted by Crippen LogP contribution is -2.21. The van der Waals surface area contributed by atoms with Crippen molar-refractivity contribution in [2.75, 3.05) is 34.5 Å². The first-order chi connectivity index (χ1) is 28.6. The number of aldehydes is 1. The van der Waals surface area contributed by atoms with Crippen molar-refractivity contribution in [1.29, 1.82) is 0 Å². The number of aromatic nitrogens is 3. The predicted molar refractivity (Wildman–Crippen MR) is 217 cm³/mol. The lowest BCUT2D eigenvalue weighted by Gasteiger charge is -2.22. The van der Waals surface area contributed by atoms with Gasteiger partial charge >= 0.3 is 10.4 Å². The molecule has 0 radical (unpaired) electrons. The van der Waals surface area contributed by atoms with E-state index in [2.05, 4.69) is 45.2 Å². The number of hydrogen-bond acceptors (Lipinski definition) is 19. The summed E-state index contributed by atoms with van der Waals surface area (Å²) in [5, 5.41) is 25.6. The number of phenols is 1. The lowest BCUT2D eigenvalue weighted by molar-refractivity contribution is 0.112. The highest BCUT2D eigenvalue weighted by atomic mass is 35.5. The molecule has 0 saturated carbocycles. The van der Waals surface area contributed by atoms with Crippen LogP contribution >= 0.6 is 11.6 Å². The van der Waals surface area contributed by atoms with Crippen LogP contribution in [0.1, 0.15) is 22.8 Å². The molecular weight excluding hydrogens is 910 g/mol. The largest absolute Gasteiger partial charge is 0.504 e. The van der Waals surface area contributed by atoms with Gasteiger partial charge in [0.1, 0.15) is 5.69 Å². The Morgan fingerprint density at radius 3 is 2.13 bits per heavy atom. The molecule has 5 aromatic rings. The molecule has 6 N–H and O–H groups in total. The summed E-state index contributed by atoms with van der Waals surface area (Å²) in [5.41, 5.74) is 1.98. The quantitative estimate of drug-likeness (QED) is 0.0141. The van der Waals surface area contributed by atoms with E-state index in [1.165, 1.54) is 53.4 Å². The Morgan fingerprint density at radius 1 is 0.820 bits per heavy atom. The summed E-state index contributed by atoms with van der Waals surface area (Å²) in [6.45, 7) is 0.862. The summed E-state index contributed by atoms with van der Waals surface area (Å²) in [4.78, 5) is 23.7. The van der Waals surface area contributed by atoms with Gasteiger partial charge in [-0.15, -0.1) is 10.2 Å². The molecule has 0 fully saturated rings. The number of carbonyl (C=O) groups is 1. The van der Waals surface area contributed by atoms with Crippen molar-refractivity contribution in [2.45, 2.75) is 21.6 Å². The molecule has 0 atom stereocenters. The van der Waals surface area contributed by atoms with Crippen LogP contribution in [0.5, 0.6) is 5.75 Å². The van der Waals surface area contributed by atoms with E-state index in [1.807, 2.05) is 0 Å². The summed E-state index contributed by atoms with van der Waals surface area (Å²) < 4.78 is 128. The fourth-order valence-electron chi connectivity index (χ4n) is 5.04. The minimum Gasteiger partial charge on any atom is -0.504 e. The van der Waals surface area contributed by atoms with Crippen molar-refractivity contribution in [3.8, 4) is 5.75 Å². The maximum Gasteiger partial charge on any atom is 0.397 e. The minimum absolute atomic E-state index is 0.0677. The van der Waals surface area contributed by atoms with E-state index < -0.39 is 91.0 Å². The molecule has 4 aromatic carbocycles. The SMILES string of the molecule is CCN(c1cccc(S(=O)(=O)CCOS(=O)(=O)O)c1)c1nc(Cl)nc(Nc2cc(S(=O)(=O)O)cc(NN=C(N=Nc3ccccc3C=O)c3ccc(S(=O)(=O)O)cc3)c2O)n1. The Bertz CT molecular complexity index is 2990. The van der Waals surface area contributed by atoms with Gasteiger partial charge in [0.2, 0.25) is 23.0 Å².